The van der Waals surface area contributed by atoms with Gasteiger partial charge in [-0.3, -0.25) is 0 Å². The van der Waals surface area contributed by atoms with Crippen LogP contribution in [0, 0.1) is 5.92 Å². The van der Waals surface area contributed by atoms with E-state index in [0.29, 0.717) is 0 Å². The molecule has 0 N–H and O–H groups in total. The second-order valence-corrected chi connectivity index (χ2v) is 3.76. The lowest BCUT2D eigenvalue weighted by Crippen LogP contribution is -2.44. The van der Waals surface area contributed by atoms with Crippen molar-refractivity contribution in [1.29, 1.82) is 0 Å². The minimum Gasteiger partial charge on any atom is -0.351 e. The molecule has 0 saturated heterocycles. The van der Waals surface area contributed by atoms with Gasteiger partial charge in [-0.1, -0.05) is 13.3 Å². The van der Waals surface area contributed by atoms with Crippen LogP contribution in [-0.4, -0.2) is 25.4 Å². The first-order chi connectivity index (χ1) is 4.57. The Bertz CT molecular complexity index is 124. The Balaban J connectivity index is 2.66. The van der Waals surface area contributed by atoms with Gasteiger partial charge in [0.2, 0.25) is 0 Å². The van der Waals surface area contributed by atoms with Crippen molar-refractivity contribution in [2.75, 3.05) is 7.05 Å². The van der Waals surface area contributed by atoms with E-state index in [9.17, 15) is 0 Å². The van der Waals surface area contributed by atoms with Gasteiger partial charge in [-0.15, -0.1) is 0 Å². The van der Waals surface area contributed by atoms with Crippen LogP contribution < -0.4 is 0 Å². The Morgan fingerprint density at radius 2 is 2.20 bits per heavy atom. The maximum absolute atomic E-state index is 5.76. The summed E-state index contributed by atoms with van der Waals surface area (Å²) < 4.78 is 0. The van der Waals surface area contributed by atoms with Crippen LogP contribution in [0.2, 0.25) is 0 Å². The summed E-state index contributed by atoms with van der Waals surface area (Å²) in [4.78, 5) is 1.88. The molecule has 2 heteroatoms. The predicted molar refractivity (Wildman–Crippen MR) is 44.9 cm³/mol. The molecule has 2 radical (unpaired) electrons. The van der Waals surface area contributed by atoms with Gasteiger partial charge in [0.25, 0.3) is 0 Å². The van der Waals surface area contributed by atoms with Crippen LogP contribution in [0.3, 0.4) is 0 Å². The van der Waals surface area contributed by atoms with Crippen LogP contribution in [0.15, 0.2) is 0 Å². The average molecular weight is 137 g/mol. The van der Waals surface area contributed by atoms with Gasteiger partial charge in [0.15, 0.2) is 7.98 Å². The molecule has 0 heterocycles. The molecule has 1 aliphatic rings. The van der Waals surface area contributed by atoms with Crippen molar-refractivity contribution in [2.24, 2.45) is 5.92 Å². The first kappa shape index (κ1) is 8.12. The molecule has 1 rings (SSSR count). The zero-order valence-corrected chi connectivity index (χ0v) is 7.22. The van der Waals surface area contributed by atoms with E-state index in [4.69, 9.17) is 7.98 Å². The van der Waals surface area contributed by atoms with E-state index in [1.807, 2.05) is 11.9 Å². The van der Waals surface area contributed by atoms with Crippen molar-refractivity contribution < 1.29 is 0 Å². The molecule has 0 aliphatic heterocycles. The average Bonchev–Trinajstić information content (AvgIpc) is 2.15. The fourth-order valence-electron chi connectivity index (χ4n) is 1.85. The Hall–Kier alpha value is 0.0249. The molecule has 2 atom stereocenters. The number of rotatable bonds is 1. The SMILES string of the molecule is [B]N(C)[C@@]1(C)CCCC1C. The molecule has 0 aromatic heterocycles. The van der Waals surface area contributed by atoms with Crippen LogP contribution in [-0.2, 0) is 0 Å². The Morgan fingerprint density at radius 1 is 1.60 bits per heavy atom. The summed E-state index contributed by atoms with van der Waals surface area (Å²) in [6.45, 7) is 4.54. The van der Waals surface area contributed by atoms with Gasteiger partial charge in [0, 0.05) is 5.54 Å². The summed E-state index contributed by atoms with van der Waals surface area (Å²) >= 11 is 0. The summed E-state index contributed by atoms with van der Waals surface area (Å²) in [5.74, 6) is 0.752. The fraction of sp³-hybridized carbons (Fsp3) is 1.00. The lowest BCUT2D eigenvalue weighted by Gasteiger charge is -2.37. The van der Waals surface area contributed by atoms with Crippen molar-refractivity contribution in [3.63, 3.8) is 0 Å². The van der Waals surface area contributed by atoms with E-state index < -0.39 is 0 Å². The molecule has 1 aliphatic carbocycles. The van der Waals surface area contributed by atoms with Crippen molar-refractivity contribution in [2.45, 2.75) is 38.6 Å². The minimum atomic E-state index is 0.264. The van der Waals surface area contributed by atoms with E-state index in [2.05, 4.69) is 13.8 Å². The minimum absolute atomic E-state index is 0.264. The summed E-state index contributed by atoms with van der Waals surface area (Å²) in [5, 5.41) is 0. The molecular weight excluding hydrogens is 121 g/mol. The highest BCUT2D eigenvalue weighted by Gasteiger charge is 2.36. The topological polar surface area (TPSA) is 3.24 Å². The van der Waals surface area contributed by atoms with Gasteiger partial charge in [-0.25, -0.2) is 0 Å². The van der Waals surface area contributed by atoms with E-state index in [1.54, 1.807) is 0 Å². The largest absolute Gasteiger partial charge is 0.351 e. The number of hydrogen-bond acceptors (Lipinski definition) is 1. The molecule has 0 amide bonds. The Morgan fingerprint density at radius 3 is 2.40 bits per heavy atom. The first-order valence-electron chi connectivity index (χ1n) is 4.06. The van der Waals surface area contributed by atoms with Gasteiger partial charge in [0.05, 0.1) is 0 Å². The third-order valence-corrected chi connectivity index (χ3v) is 3.19. The summed E-state index contributed by atoms with van der Waals surface area (Å²) in [6.07, 6.45) is 3.92. The highest BCUT2D eigenvalue weighted by Crippen LogP contribution is 2.37. The van der Waals surface area contributed by atoms with Crippen LogP contribution in [0.5, 0.6) is 0 Å². The Labute approximate surface area is 65.2 Å². The zero-order chi connectivity index (χ0) is 7.78. The molecule has 1 nitrogen and oxygen atoms in total. The standard InChI is InChI=1S/C8H16BN/c1-7-5-4-6-8(7,2)10(3)9/h7H,4-6H2,1-3H3/t7?,8-/m0/s1. The predicted octanol–water partition coefficient (Wildman–Crippen LogP) is 1.58. The molecule has 0 spiro atoms. The van der Waals surface area contributed by atoms with Crippen molar-refractivity contribution in [3.8, 4) is 0 Å². The molecule has 56 valence electrons. The zero-order valence-electron chi connectivity index (χ0n) is 7.22. The number of nitrogens with zero attached hydrogens (tertiary/aromatic N) is 1. The molecule has 0 bridgehead atoms. The van der Waals surface area contributed by atoms with Crippen molar-refractivity contribution in [1.82, 2.24) is 4.81 Å². The highest BCUT2D eigenvalue weighted by atomic mass is 15.1. The lowest BCUT2D eigenvalue weighted by molar-refractivity contribution is 0.196. The molecule has 1 saturated carbocycles. The van der Waals surface area contributed by atoms with Gasteiger partial charge in [-0.2, -0.15) is 0 Å². The molecular formula is C8H16BN. The second kappa shape index (κ2) is 2.57. The third-order valence-electron chi connectivity index (χ3n) is 3.19. The van der Waals surface area contributed by atoms with Crippen LogP contribution in [0.25, 0.3) is 0 Å². The maximum Gasteiger partial charge on any atom is 0.182 e. The lowest BCUT2D eigenvalue weighted by atomic mass is 9.87. The second-order valence-electron chi connectivity index (χ2n) is 3.76. The third kappa shape index (κ3) is 1.09. The first-order valence-corrected chi connectivity index (χ1v) is 4.06. The maximum atomic E-state index is 5.76. The van der Waals surface area contributed by atoms with Gasteiger partial charge >= 0.3 is 0 Å². The molecule has 1 unspecified atom stereocenters. The summed E-state index contributed by atoms with van der Waals surface area (Å²) in [7, 11) is 7.73. The van der Waals surface area contributed by atoms with E-state index in [1.165, 1.54) is 19.3 Å². The van der Waals surface area contributed by atoms with Crippen LogP contribution in [0.1, 0.15) is 33.1 Å². The van der Waals surface area contributed by atoms with E-state index >= 15 is 0 Å². The number of hydrogen-bond donors (Lipinski definition) is 0. The quantitative estimate of drug-likeness (QED) is 0.496. The summed E-state index contributed by atoms with van der Waals surface area (Å²) in [6, 6.07) is 0. The van der Waals surface area contributed by atoms with E-state index in [-0.39, 0.29) is 5.54 Å². The molecule has 0 aromatic carbocycles. The molecule has 0 aromatic rings. The Kier molecular flexibility index (Phi) is 2.09. The van der Waals surface area contributed by atoms with Crippen LogP contribution >= 0.6 is 0 Å². The van der Waals surface area contributed by atoms with Crippen molar-refractivity contribution >= 4 is 7.98 Å². The van der Waals surface area contributed by atoms with Crippen molar-refractivity contribution in [3.05, 3.63) is 0 Å². The van der Waals surface area contributed by atoms with E-state index in [0.717, 1.165) is 5.92 Å². The molecule has 1 fully saturated rings. The van der Waals surface area contributed by atoms with Crippen LogP contribution in [0.4, 0.5) is 0 Å². The van der Waals surface area contributed by atoms with Gasteiger partial charge in [-0.05, 0) is 32.7 Å². The van der Waals surface area contributed by atoms with Gasteiger partial charge in [0.1, 0.15) is 0 Å². The van der Waals surface area contributed by atoms with Gasteiger partial charge < -0.3 is 4.81 Å². The molecule has 10 heavy (non-hydrogen) atoms. The highest BCUT2D eigenvalue weighted by molar-refractivity contribution is 6.04. The normalized spacial score (nSPS) is 41.0. The monoisotopic (exact) mass is 137 g/mol. The summed E-state index contributed by atoms with van der Waals surface area (Å²) in [5.41, 5.74) is 0.264. The smallest absolute Gasteiger partial charge is 0.182 e. The fourth-order valence-corrected chi connectivity index (χ4v) is 1.85.